The van der Waals surface area contributed by atoms with Crippen LogP contribution in [-0.4, -0.2) is 6.54 Å². The minimum atomic E-state index is 0.763. The minimum Gasteiger partial charge on any atom is -0.311 e. The second-order valence-corrected chi connectivity index (χ2v) is 4.07. The van der Waals surface area contributed by atoms with Crippen molar-refractivity contribution < 1.29 is 0 Å². The van der Waals surface area contributed by atoms with E-state index < -0.39 is 0 Å². The summed E-state index contributed by atoms with van der Waals surface area (Å²) >= 11 is 0. The zero-order valence-electron chi connectivity index (χ0n) is 9.11. The summed E-state index contributed by atoms with van der Waals surface area (Å²) in [6.45, 7) is 5.41. The Morgan fingerprint density at radius 3 is 2.43 bits per heavy atom. The molecule has 0 aliphatic heterocycles. The third kappa shape index (κ3) is 3.79. The van der Waals surface area contributed by atoms with E-state index >= 15 is 0 Å². The Bertz CT molecular complexity index is 244. The van der Waals surface area contributed by atoms with Crippen LogP contribution in [0.25, 0.3) is 0 Å². The second-order valence-electron chi connectivity index (χ2n) is 4.07. The van der Waals surface area contributed by atoms with Gasteiger partial charge in [0.25, 0.3) is 0 Å². The predicted octanol–water partition coefficient (Wildman–Crippen LogP) is 2.80. The van der Waals surface area contributed by atoms with Gasteiger partial charge in [-0.3, -0.25) is 0 Å². The molecule has 0 bridgehead atoms. The summed E-state index contributed by atoms with van der Waals surface area (Å²) < 4.78 is 0. The average molecular weight is 192 g/mol. The fourth-order valence-corrected chi connectivity index (χ4v) is 1.42. The molecular weight excluding hydrogens is 172 g/mol. The maximum Gasteiger partial charge on any atom is 0.0517 e. The van der Waals surface area contributed by atoms with Gasteiger partial charge in [-0.1, -0.05) is 32.0 Å². The Kier molecular flexibility index (Phi) is 4.47. The molecule has 0 atom stereocenters. The van der Waals surface area contributed by atoms with E-state index in [1.807, 2.05) is 35.3 Å². The van der Waals surface area contributed by atoms with E-state index in [1.165, 1.54) is 6.42 Å². The van der Waals surface area contributed by atoms with E-state index in [4.69, 9.17) is 5.84 Å². The molecule has 0 radical (unpaired) electrons. The van der Waals surface area contributed by atoms with Crippen LogP contribution >= 0.6 is 0 Å². The van der Waals surface area contributed by atoms with Crippen LogP contribution in [0.3, 0.4) is 0 Å². The van der Waals surface area contributed by atoms with Crippen molar-refractivity contribution >= 4 is 5.69 Å². The molecule has 2 nitrogen and oxygen atoms in total. The van der Waals surface area contributed by atoms with Crippen molar-refractivity contribution in [3.8, 4) is 0 Å². The van der Waals surface area contributed by atoms with Crippen LogP contribution in [0.1, 0.15) is 26.7 Å². The monoisotopic (exact) mass is 192 g/mol. The summed E-state index contributed by atoms with van der Waals surface area (Å²) in [6, 6.07) is 10.1. The standard InChI is InChI=1S/C12H20N2/c1-11(2)7-6-10-14(13)12-8-4-3-5-9-12/h3-5,8-9,11H,6-7,10,13H2,1-2H3. The Morgan fingerprint density at radius 2 is 1.86 bits per heavy atom. The van der Waals surface area contributed by atoms with Gasteiger partial charge in [0.15, 0.2) is 0 Å². The average Bonchev–Trinajstić information content (AvgIpc) is 2.18. The number of anilines is 1. The zero-order valence-corrected chi connectivity index (χ0v) is 9.11. The third-order valence-corrected chi connectivity index (χ3v) is 2.27. The SMILES string of the molecule is CC(C)CCCN(N)c1ccccc1. The number of hydrazine groups is 1. The van der Waals surface area contributed by atoms with Gasteiger partial charge in [0.05, 0.1) is 5.69 Å². The van der Waals surface area contributed by atoms with Crippen molar-refractivity contribution in [2.75, 3.05) is 11.6 Å². The molecule has 0 aromatic heterocycles. The largest absolute Gasteiger partial charge is 0.311 e. The van der Waals surface area contributed by atoms with E-state index in [1.54, 1.807) is 0 Å². The summed E-state index contributed by atoms with van der Waals surface area (Å²) in [5.41, 5.74) is 1.09. The molecular formula is C12H20N2. The highest BCUT2D eigenvalue weighted by Gasteiger charge is 2.00. The first-order valence-corrected chi connectivity index (χ1v) is 5.27. The molecule has 1 aromatic carbocycles. The highest BCUT2D eigenvalue weighted by molar-refractivity contribution is 5.43. The Hall–Kier alpha value is -1.02. The van der Waals surface area contributed by atoms with E-state index in [2.05, 4.69) is 13.8 Å². The topological polar surface area (TPSA) is 29.3 Å². The molecule has 2 heteroatoms. The van der Waals surface area contributed by atoms with Crippen LogP contribution in [0.15, 0.2) is 30.3 Å². The smallest absolute Gasteiger partial charge is 0.0517 e. The molecule has 0 spiro atoms. The molecule has 0 aliphatic rings. The molecule has 2 N–H and O–H groups in total. The number of benzene rings is 1. The number of hydrogen-bond donors (Lipinski definition) is 1. The van der Waals surface area contributed by atoms with Crippen molar-refractivity contribution in [1.82, 2.24) is 0 Å². The van der Waals surface area contributed by atoms with Gasteiger partial charge in [-0.2, -0.15) is 0 Å². The van der Waals surface area contributed by atoms with E-state index in [0.717, 1.165) is 24.6 Å². The molecule has 0 amide bonds. The first-order chi connectivity index (χ1) is 6.70. The van der Waals surface area contributed by atoms with Crippen LogP contribution in [0.4, 0.5) is 5.69 Å². The highest BCUT2D eigenvalue weighted by Crippen LogP contribution is 2.11. The molecule has 78 valence electrons. The summed E-state index contributed by atoms with van der Waals surface area (Å²) in [4.78, 5) is 0. The van der Waals surface area contributed by atoms with Gasteiger partial charge in [0.1, 0.15) is 0 Å². The highest BCUT2D eigenvalue weighted by atomic mass is 15.4. The van der Waals surface area contributed by atoms with Gasteiger partial charge in [0, 0.05) is 6.54 Å². The van der Waals surface area contributed by atoms with Gasteiger partial charge in [-0.05, 0) is 30.9 Å². The molecule has 0 unspecified atom stereocenters. The molecule has 1 rings (SSSR count). The summed E-state index contributed by atoms with van der Waals surface area (Å²) in [5, 5.41) is 1.82. The van der Waals surface area contributed by atoms with Crippen LogP contribution in [0.5, 0.6) is 0 Å². The molecule has 0 heterocycles. The normalized spacial score (nSPS) is 10.6. The Morgan fingerprint density at radius 1 is 1.21 bits per heavy atom. The van der Waals surface area contributed by atoms with Crippen LogP contribution in [0, 0.1) is 5.92 Å². The van der Waals surface area contributed by atoms with Gasteiger partial charge in [-0.15, -0.1) is 0 Å². The quantitative estimate of drug-likeness (QED) is 0.574. The van der Waals surface area contributed by atoms with Crippen molar-refractivity contribution in [1.29, 1.82) is 0 Å². The summed E-state index contributed by atoms with van der Waals surface area (Å²) in [7, 11) is 0. The van der Waals surface area contributed by atoms with E-state index in [0.29, 0.717) is 0 Å². The first kappa shape index (κ1) is 11.1. The fraction of sp³-hybridized carbons (Fsp3) is 0.500. The zero-order chi connectivity index (χ0) is 10.4. The molecule has 0 saturated heterocycles. The third-order valence-electron chi connectivity index (χ3n) is 2.27. The van der Waals surface area contributed by atoms with Crippen molar-refractivity contribution in [3.05, 3.63) is 30.3 Å². The molecule has 1 aromatic rings. The summed E-state index contributed by atoms with van der Waals surface area (Å²) in [5.74, 6) is 6.68. The predicted molar refractivity (Wildman–Crippen MR) is 62.0 cm³/mol. The van der Waals surface area contributed by atoms with Crippen LogP contribution in [-0.2, 0) is 0 Å². The number of hydrogen-bond acceptors (Lipinski definition) is 2. The Balaban J connectivity index is 2.32. The van der Waals surface area contributed by atoms with E-state index in [-0.39, 0.29) is 0 Å². The fourth-order valence-electron chi connectivity index (χ4n) is 1.42. The van der Waals surface area contributed by atoms with Gasteiger partial charge in [0.2, 0.25) is 0 Å². The second kappa shape index (κ2) is 5.66. The van der Waals surface area contributed by atoms with Crippen molar-refractivity contribution in [2.24, 2.45) is 11.8 Å². The molecule has 0 saturated carbocycles. The molecule has 0 fully saturated rings. The van der Waals surface area contributed by atoms with Gasteiger partial charge < -0.3 is 5.01 Å². The number of rotatable bonds is 5. The maximum atomic E-state index is 5.91. The van der Waals surface area contributed by atoms with Gasteiger partial charge in [-0.25, -0.2) is 5.84 Å². The first-order valence-electron chi connectivity index (χ1n) is 5.27. The lowest BCUT2D eigenvalue weighted by Crippen LogP contribution is -2.31. The van der Waals surface area contributed by atoms with Crippen molar-refractivity contribution in [2.45, 2.75) is 26.7 Å². The lowest BCUT2D eigenvalue weighted by Gasteiger charge is -2.18. The lowest BCUT2D eigenvalue weighted by atomic mass is 10.1. The lowest BCUT2D eigenvalue weighted by molar-refractivity contribution is 0.551. The Labute approximate surface area is 86.7 Å². The number of para-hydroxylation sites is 1. The number of nitrogens with zero attached hydrogens (tertiary/aromatic N) is 1. The molecule has 0 aliphatic carbocycles. The minimum absolute atomic E-state index is 0.763. The van der Waals surface area contributed by atoms with Crippen LogP contribution < -0.4 is 10.9 Å². The van der Waals surface area contributed by atoms with Crippen LogP contribution in [0.2, 0.25) is 0 Å². The number of nitrogens with two attached hydrogens (primary N) is 1. The molecule has 14 heavy (non-hydrogen) atoms. The summed E-state index contributed by atoms with van der Waals surface area (Å²) in [6.07, 6.45) is 2.39. The van der Waals surface area contributed by atoms with Gasteiger partial charge >= 0.3 is 0 Å². The van der Waals surface area contributed by atoms with E-state index in [9.17, 15) is 0 Å². The van der Waals surface area contributed by atoms with Crippen molar-refractivity contribution in [3.63, 3.8) is 0 Å². The maximum absolute atomic E-state index is 5.91.